The fourth-order valence-corrected chi connectivity index (χ4v) is 1.93. The van der Waals surface area contributed by atoms with Gasteiger partial charge in [-0.1, -0.05) is 6.07 Å². The molecule has 0 saturated carbocycles. The molecule has 3 N–H and O–H groups in total. The Labute approximate surface area is 114 Å². The van der Waals surface area contributed by atoms with Crippen LogP contribution in [-0.2, 0) is 0 Å². The summed E-state index contributed by atoms with van der Waals surface area (Å²) in [6.07, 6.45) is 0.312. The quantitative estimate of drug-likeness (QED) is 0.681. The van der Waals surface area contributed by atoms with Gasteiger partial charge in [-0.2, -0.15) is 21.2 Å². The number of nitriles is 3. The van der Waals surface area contributed by atoms with Gasteiger partial charge in [-0.05, 0) is 12.1 Å². The van der Waals surface area contributed by atoms with Gasteiger partial charge in [0.05, 0.1) is 6.07 Å². The second-order valence-electron chi connectivity index (χ2n) is 4.13. The van der Waals surface area contributed by atoms with E-state index in [1.54, 1.807) is 30.3 Å². The maximum Gasteiger partial charge on any atom is 0.288 e. The van der Waals surface area contributed by atoms with Gasteiger partial charge in [-0.25, -0.2) is 0 Å². The fraction of sp³-hybridized carbons (Fsp3) is 0.250. The average molecular weight is 267 g/mol. The number of carbonyl (C=O) groups is 1. The van der Waals surface area contributed by atoms with Gasteiger partial charge in [0, 0.05) is 6.20 Å². The number of nitrogens with zero attached hydrogens (tertiary/aromatic N) is 5. The second kappa shape index (κ2) is 4.94. The van der Waals surface area contributed by atoms with E-state index in [4.69, 9.17) is 21.5 Å². The minimum atomic E-state index is -1.85. The topological polar surface area (TPSA) is 143 Å². The van der Waals surface area contributed by atoms with Crippen molar-refractivity contribution in [2.75, 3.05) is 0 Å². The van der Waals surface area contributed by atoms with Crippen LogP contribution in [0.5, 0.6) is 0 Å². The van der Waals surface area contributed by atoms with Crippen molar-refractivity contribution in [3.05, 3.63) is 30.1 Å². The lowest BCUT2D eigenvalue weighted by atomic mass is 9.88. The van der Waals surface area contributed by atoms with E-state index in [-0.39, 0.29) is 5.69 Å². The van der Waals surface area contributed by atoms with Crippen molar-refractivity contribution in [2.24, 2.45) is 11.7 Å². The minimum absolute atomic E-state index is 0.0961. The highest BCUT2D eigenvalue weighted by atomic mass is 16.2. The van der Waals surface area contributed by atoms with Crippen molar-refractivity contribution in [1.82, 2.24) is 15.4 Å². The molecule has 1 amide bonds. The second-order valence-corrected chi connectivity index (χ2v) is 4.13. The SMILES string of the molecule is N#CC1C(N)N(C(=O)c2ccccn2)NC1(C#N)C#N. The lowest BCUT2D eigenvalue weighted by Crippen LogP contribution is -2.50. The molecule has 1 aliphatic rings. The summed E-state index contributed by atoms with van der Waals surface area (Å²) in [7, 11) is 0. The summed E-state index contributed by atoms with van der Waals surface area (Å²) in [5, 5.41) is 28.2. The maximum atomic E-state index is 12.2. The lowest BCUT2D eigenvalue weighted by molar-refractivity contribution is 0.0630. The van der Waals surface area contributed by atoms with Gasteiger partial charge >= 0.3 is 0 Å². The zero-order chi connectivity index (χ0) is 14.8. The standard InChI is InChI=1S/C12H9N7O/c13-5-8-10(16)19(18-12(8,6-14)7-15)11(20)9-3-1-2-4-17-9/h1-4,8,10,18H,16H2. The third-order valence-electron chi connectivity index (χ3n) is 3.00. The predicted octanol–water partition coefficient (Wildman–Crippen LogP) is -0.747. The van der Waals surface area contributed by atoms with E-state index in [1.165, 1.54) is 12.3 Å². The number of hydrogen-bond donors (Lipinski definition) is 2. The Hall–Kier alpha value is -2.99. The third-order valence-corrected chi connectivity index (χ3v) is 3.00. The molecular formula is C12H9N7O. The highest BCUT2D eigenvalue weighted by molar-refractivity contribution is 5.92. The first-order valence-corrected chi connectivity index (χ1v) is 5.59. The van der Waals surface area contributed by atoms with Crippen LogP contribution in [0.2, 0.25) is 0 Å². The fourth-order valence-electron chi connectivity index (χ4n) is 1.93. The highest BCUT2D eigenvalue weighted by Gasteiger charge is 2.55. The zero-order valence-electron chi connectivity index (χ0n) is 10.2. The number of hydrogen-bond acceptors (Lipinski definition) is 7. The first-order chi connectivity index (χ1) is 9.59. The Bertz CT molecular complexity index is 637. The molecule has 98 valence electrons. The molecule has 8 heteroatoms. The van der Waals surface area contributed by atoms with Crippen molar-refractivity contribution < 1.29 is 4.79 Å². The molecule has 20 heavy (non-hydrogen) atoms. The molecule has 1 fully saturated rings. The molecule has 1 aliphatic heterocycles. The third kappa shape index (κ3) is 1.84. The summed E-state index contributed by atoms with van der Waals surface area (Å²) in [5.74, 6) is -1.77. The Morgan fingerprint density at radius 3 is 2.55 bits per heavy atom. The smallest absolute Gasteiger partial charge is 0.288 e. The van der Waals surface area contributed by atoms with Gasteiger partial charge in [-0.3, -0.25) is 14.8 Å². The number of amides is 1. The molecule has 1 aromatic heterocycles. The molecule has 2 heterocycles. The molecule has 0 bridgehead atoms. The van der Waals surface area contributed by atoms with Gasteiger partial charge in [0.15, 0.2) is 0 Å². The number of rotatable bonds is 1. The number of carbonyl (C=O) groups excluding carboxylic acids is 1. The summed E-state index contributed by atoms with van der Waals surface area (Å²) in [6.45, 7) is 0. The van der Waals surface area contributed by atoms with Gasteiger partial charge in [0.1, 0.15) is 29.9 Å². The first kappa shape index (κ1) is 13.4. The van der Waals surface area contributed by atoms with Crippen LogP contribution >= 0.6 is 0 Å². The molecule has 1 aromatic rings. The first-order valence-electron chi connectivity index (χ1n) is 5.59. The Morgan fingerprint density at radius 2 is 2.10 bits per heavy atom. The zero-order valence-corrected chi connectivity index (χ0v) is 10.2. The monoisotopic (exact) mass is 267 g/mol. The summed E-state index contributed by atoms with van der Waals surface area (Å²) < 4.78 is 0. The molecule has 0 radical (unpaired) electrons. The van der Waals surface area contributed by atoms with Crippen LogP contribution < -0.4 is 11.2 Å². The Morgan fingerprint density at radius 1 is 1.40 bits per heavy atom. The number of nitrogens with one attached hydrogen (secondary N) is 1. The summed E-state index contributed by atoms with van der Waals surface area (Å²) >= 11 is 0. The normalized spacial score (nSPS) is 23.4. The van der Waals surface area contributed by atoms with E-state index >= 15 is 0 Å². The van der Waals surface area contributed by atoms with Gasteiger partial charge in [-0.15, -0.1) is 0 Å². The van der Waals surface area contributed by atoms with E-state index in [0.29, 0.717) is 0 Å². The molecule has 2 atom stereocenters. The number of hydrazine groups is 1. The maximum absolute atomic E-state index is 12.2. The van der Waals surface area contributed by atoms with Crippen molar-refractivity contribution in [3.63, 3.8) is 0 Å². The minimum Gasteiger partial charge on any atom is -0.309 e. The molecule has 1 saturated heterocycles. The molecule has 0 aromatic carbocycles. The Balaban J connectivity index is 2.38. The van der Waals surface area contributed by atoms with E-state index in [0.717, 1.165) is 5.01 Å². The van der Waals surface area contributed by atoms with E-state index < -0.39 is 23.5 Å². The van der Waals surface area contributed by atoms with Gasteiger partial charge < -0.3 is 5.73 Å². The van der Waals surface area contributed by atoms with Crippen molar-refractivity contribution in [2.45, 2.75) is 11.7 Å². The van der Waals surface area contributed by atoms with Crippen molar-refractivity contribution >= 4 is 5.91 Å². The molecule has 0 spiro atoms. The van der Waals surface area contributed by atoms with E-state index in [2.05, 4.69) is 10.4 Å². The van der Waals surface area contributed by atoms with Gasteiger partial charge in [0.2, 0.25) is 5.54 Å². The van der Waals surface area contributed by atoms with Crippen LogP contribution in [0, 0.1) is 39.9 Å². The van der Waals surface area contributed by atoms with Crippen LogP contribution in [-0.4, -0.2) is 27.6 Å². The van der Waals surface area contributed by atoms with Gasteiger partial charge in [0.25, 0.3) is 5.91 Å². The number of nitrogens with two attached hydrogens (primary N) is 1. The highest BCUT2D eigenvalue weighted by Crippen LogP contribution is 2.28. The van der Waals surface area contributed by atoms with Crippen LogP contribution in [0.4, 0.5) is 0 Å². The van der Waals surface area contributed by atoms with E-state index in [1.807, 2.05) is 0 Å². The van der Waals surface area contributed by atoms with Crippen molar-refractivity contribution in [3.8, 4) is 18.2 Å². The molecule has 8 nitrogen and oxygen atoms in total. The summed E-state index contributed by atoms with van der Waals surface area (Å²) in [6, 6.07) is 9.93. The van der Waals surface area contributed by atoms with Crippen LogP contribution in [0.15, 0.2) is 24.4 Å². The molecule has 2 unspecified atom stereocenters. The lowest BCUT2D eigenvalue weighted by Gasteiger charge is -2.20. The Kier molecular flexibility index (Phi) is 3.32. The van der Waals surface area contributed by atoms with Crippen LogP contribution in [0.1, 0.15) is 10.5 Å². The molecule has 2 rings (SSSR count). The predicted molar refractivity (Wildman–Crippen MR) is 64.6 cm³/mol. The number of aromatic nitrogens is 1. The number of pyridine rings is 1. The summed E-state index contributed by atoms with van der Waals surface area (Å²) in [4.78, 5) is 16.1. The largest absolute Gasteiger partial charge is 0.309 e. The summed E-state index contributed by atoms with van der Waals surface area (Å²) in [5.41, 5.74) is 6.46. The average Bonchev–Trinajstić information content (AvgIpc) is 2.80. The van der Waals surface area contributed by atoms with Crippen LogP contribution in [0.25, 0.3) is 0 Å². The molecular weight excluding hydrogens is 258 g/mol. The van der Waals surface area contributed by atoms with Crippen LogP contribution in [0.3, 0.4) is 0 Å². The molecule has 0 aliphatic carbocycles. The van der Waals surface area contributed by atoms with Crippen molar-refractivity contribution in [1.29, 1.82) is 15.8 Å². The van der Waals surface area contributed by atoms with E-state index in [9.17, 15) is 4.79 Å².